The van der Waals surface area contributed by atoms with Gasteiger partial charge in [0.1, 0.15) is 5.52 Å². The van der Waals surface area contributed by atoms with Crippen molar-refractivity contribution < 1.29 is 18.7 Å². The molecule has 2 unspecified atom stereocenters. The van der Waals surface area contributed by atoms with Gasteiger partial charge >= 0.3 is 6.01 Å². The van der Waals surface area contributed by atoms with E-state index in [9.17, 15) is 9.18 Å². The number of nitrogens with one attached hydrogen (secondary N) is 2. The van der Waals surface area contributed by atoms with E-state index in [0.717, 1.165) is 37.0 Å². The van der Waals surface area contributed by atoms with Crippen LogP contribution < -0.4 is 20.3 Å². The third-order valence-corrected chi connectivity index (χ3v) is 8.24. The molecule has 1 aliphatic carbocycles. The number of piperazine rings is 1. The van der Waals surface area contributed by atoms with Gasteiger partial charge in [0.2, 0.25) is 0 Å². The van der Waals surface area contributed by atoms with Crippen molar-refractivity contribution in [2.45, 2.75) is 44.9 Å². The zero-order valence-electron chi connectivity index (χ0n) is 22.8. The predicted molar refractivity (Wildman–Crippen MR) is 149 cm³/mol. The van der Waals surface area contributed by atoms with Crippen molar-refractivity contribution in [2.24, 2.45) is 12.5 Å². The molecular formula is C29H32FN7O3. The second kappa shape index (κ2) is 9.38. The Balaban J connectivity index is 1.24. The number of hydrogen-bond acceptors (Lipinski definition) is 8. The standard InChI is InChI=1S/C29H32FN7O3/c1-16-11-37(12-17(2)32-16)24-5-4-21(27(38)33-19-6-18-13-36(3)35-25(18)23(30)7-19)26-22(24)10-31-28(34-26)40-15-29-8-20(9-29)39-14-29/h4-7,10,13,16-17,20,32H,8-9,11-12,14-15H2,1-3H3,(H,33,38). The maximum atomic E-state index is 14.7. The molecule has 4 aromatic rings. The summed E-state index contributed by atoms with van der Waals surface area (Å²) in [7, 11) is 1.73. The second-order valence-corrected chi connectivity index (χ2v) is 11.7. The molecule has 5 heterocycles. The first kappa shape index (κ1) is 25.2. The Morgan fingerprint density at radius 1 is 1.23 bits per heavy atom. The van der Waals surface area contributed by atoms with Gasteiger partial charge in [0.05, 0.1) is 30.4 Å². The van der Waals surface area contributed by atoms with Crippen LogP contribution in [0, 0.1) is 11.2 Å². The van der Waals surface area contributed by atoms with Crippen LogP contribution in [0.1, 0.15) is 37.0 Å². The van der Waals surface area contributed by atoms with Gasteiger partial charge in [0, 0.05) is 72.2 Å². The fourth-order valence-electron chi connectivity index (χ4n) is 6.44. The molecule has 1 amide bonds. The van der Waals surface area contributed by atoms with Crippen molar-refractivity contribution in [3.8, 4) is 6.01 Å². The van der Waals surface area contributed by atoms with E-state index in [0.29, 0.717) is 53.6 Å². The number of aryl methyl sites for hydroxylation is 1. The third-order valence-electron chi connectivity index (χ3n) is 8.24. The van der Waals surface area contributed by atoms with Crippen molar-refractivity contribution in [1.29, 1.82) is 0 Å². The monoisotopic (exact) mass is 545 g/mol. The number of hydrogen-bond donors (Lipinski definition) is 2. The number of amides is 1. The SMILES string of the molecule is CC1CN(c2ccc(C(=O)Nc3cc(F)c4nn(C)cc4c3)c3nc(OCC45COC(C4)C5)ncc23)CC(C)N1. The molecule has 40 heavy (non-hydrogen) atoms. The molecular weight excluding hydrogens is 513 g/mol. The van der Waals surface area contributed by atoms with Crippen LogP contribution in [0.5, 0.6) is 6.01 Å². The smallest absolute Gasteiger partial charge is 0.316 e. The van der Waals surface area contributed by atoms with Crippen molar-refractivity contribution in [3.05, 3.63) is 48.0 Å². The number of anilines is 2. The normalized spacial score (nSPS) is 25.8. The Morgan fingerprint density at radius 2 is 2.02 bits per heavy atom. The highest BCUT2D eigenvalue weighted by atomic mass is 19.1. The van der Waals surface area contributed by atoms with Gasteiger partial charge in [-0.1, -0.05) is 0 Å². The highest BCUT2D eigenvalue weighted by Gasteiger charge is 2.52. The van der Waals surface area contributed by atoms with E-state index in [1.54, 1.807) is 36.3 Å². The number of aromatic nitrogens is 4. The highest BCUT2D eigenvalue weighted by molar-refractivity contribution is 6.14. The lowest BCUT2D eigenvalue weighted by atomic mass is 9.71. The molecule has 1 saturated carbocycles. The molecule has 2 N–H and O–H groups in total. The Labute approximate surface area is 230 Å². The summed E-state index contributed by atoms with van der Waals surface area (Å²) < 4.78 is 28.0. The van der Waals surface area contributed by atoms with Gasteiger partial charge in [-0.25, -0.2) is 9.37 Å². The van der Waals surface area contributed by atoms with Crippen molar-refractivity contribution >= 4 is 39.1 Å². The third kappa shape index (κ3) is 4.43. The van der Waals surface area contributed by atoms with Gasteiger partial charge in [-0.3, -0.25) is 9.48 Å². The minimum Gasteiger partial charge on any atom is -0.463 e. The lowest BCUT2D eigenvalue weighted by Gasteiger charge is -2.38. The molecule has 2 bridgehead atoms. The molecule has 0 spiro atoms. The van der Waals surface area contributed by atoms with Gasteiger partial charge in [-0.2, -0.15) is 10.1 Å². The van der Waals surface area contributed by atoms with Crippen LogP contribution >= 0.6 is 0 Å². The second-order valence-electron chi connectivity index (χ2n) is 11.7. The van der Waals surface area contributed by atoms with Crippen LogP contribution in [0.2, 0.25) is 0 Å². The first-order valence-electron chi connectivity index (χ1n) is 13.7. The van der Waals surface area contributed by atoms with E-state index in [1.165, 1.54) is 6.07 Å². The molecule has 2 atom stereocenters. The van der Waals surface area contributed by atoms with Crippen LogP contribution in [0.4, 0.5) is 15.8 Å². The van der Waals surface area contributed by atoms with E-state index in [-0.39, 0.29) is 16.9 Å². The zero-order valence-corrected chi connectivity index (χ0v) is 22.8. The summed E-state index contributed by atoms with van der Waals surface area (Å²) in [5, 5.41) is 11.9. The lowest BCUT2D eigenvalue weighted by molar-refractivity contribution is 0.0785. The Morgan fingerprint density at radius 3 is 2.77 bits per heavy atom. The van der Waals surface area contributed by atoms with Gasteiger partial charge in [0.25, 0.3) is 5.91 Å². The molecule has 0 radical (unpaired) electrons. The molecule has 3 aliphatic heterocycles. The molecule has 4 aliphatic rings. The number of benzene rings is 2. The number of nitrogens with zero attached hydrogens (tertiary/aromatic N) is 5. The fraction of sp³-hybridized carbons (Fsp3) is 0.448. The molecule has 4 fully saturated rings. The van der Waals surface area contributed by atoms with Crippen LogP contribution in [-0.2, 0) is 11.8 Å². The van der Waals surface area contributed by atoms with Gasteiger partial charge in [0.15, 0.2) is 5.82 Å². The number of carbonyl (C=O) groups is 1. The molecule has 10 nitrogen and oxygen atoms in total. The maximum Gasteiger partial charge on any atom is 0.316 e. The van der Waals surface area contributed by atoms with Crippen molar-refractivity contribution in [3.63, 3.8) is 0 Å². The van der Waals surface area contributed by atoms with Crippen molar-refractivity contribution in [2.75, 3.05) is 36.5 Å². The zero-order chi connectivity index (χ0) is 27.6. The maximum absolute atomic E-state index is 14.7. The highest BCUT2D eigenvalue weighted by Crippen LogP contribution is 2.50. The first-order chi connectivity index (χ1) is 19.2. The van der Waals surface area contributed by atoms with Crippen molar-refractivity contribution in [1.82, 2.24) is 25.1 Å². The van der Waals surface area contributed by atoms with Crippen LogP contribution in [0.3, 0.4) is 0 Å². The summed E-state index contributed by atoms with van der Waals surface area (Å²) in [6.07, 6.45) is 5.79. The summed E-state index contributed by atoms with van der Waals surface area (Å²) in [5.41, 5.74) is 2.46. The predicted octanol–water partition coefficient (Wildman–Crippen LogP) is 3.65. The van der Waals surface area contributed by atoms with E-state index >= 15 is 0 Å². The summed E-state index contributed by atoms with van der Waals surface area (Å²) in [4.78, 5) is 25.2. The fourth-order valence-corrected chi connectivity index (χ4v) is 6.44. The average Bonchev–Trinajstić information content (AvgIpc) is 3.60. The molecule has 11 heteroatoms. The van der Waals surface area contributed by atoms with E-state index in [2.05, 4.69) is 39.5 Å². The van der Waals surface area contributed by atoms with E-state index < -0.39 is 11.7 Å². The Bertz CT molecular complexity index is 1620. The van der Waals surface area contributed by atoms with Gasteiger partial charge in [-0.15, -0.1) is 0 Å². The summed E-state index contributed by atoms with van der Waals surface area (Å²) in [6.45, 7) is 7.12. The molecule has 3 saturated heterocycles. The van der Waals surface area contributed by atoms with Crippen LogP contribution in [-0.4, -0.2) is 70.1 Å². The summed E-state index contributed by atoms with van der Waals surface area (Å²) in [6, 6.07) is 7.56. The minimum absolute atomic E-state index is 0.0348. The number of halogens is 1. The Hall–Kier alpha value is -3.83. The number of rotatable bonds is 6. The largest absolute Gasteiger partial charge is 0.463 e. The molecule has 2 aromatic carbocycles. The lowest BCUT2D eigenvalue weighted by Crippen LogP contribution is -2.54. The number of ether oxygens (including phenoxy) is 2. The topological polar surface area (TPSA) is 106 Å². The number of carbonyl (C=O) groups excluding carboxylic acids is 1. The van der Waals surface area contributed by atoms with Crippen LogP contribution in [0.25, 0.3) is 21.8 Å². The number of fused-ring (bicyclic) bond motifs is 3. The van der Waals surface area contributed by atoms with E-state index in [4.69, 9.17) is 14.5 Å². The Kier molecular flexibility index (Phi) is 5.90. The quantitative estimate of drug-likeness (QED) is 0.378. The van der Waals surface area contributed by atoms with Gasteiger partial charge < -0.3 is 25.0 Å². The first-order valence-corrected chi connectivity index (χ1v) is 13.7. The minimum atomic E-state index is -0.498. The molecule has 8 rings (SSSR count). The summed E-state index contributed by atoms with van der Waals surface area (Å²) in [5.74, 6) is -0.891. The van der Waals surface area contributed by atoms with Crippen LogP contribution in [0.15, 0.2) is 36.7 Å². The molecule has 208 valence electrons. The van der Waals surface area contributed by atoms with Gasteiger partial charge in [-0.05, 0) is 51.0 Å². The average molecular weight is 546 g/mol. The molecule has 2 aromatic heterocycles. The summed E-state index contributed by atoms with van der Waals surface area (Å²) >= 11 is 0. The van der Waals surface area contributed by atoms with E-state index in [1.807, 2.05) is 6.07 Å².